The molecule has 0 saturated carbocycles. The summed E-state index contributed by atoms with van der Waals surface area (Å²) in [6.45, 7) is 0. The van der Waals surface area contributed by atoms with E-state index in [1.807, 2.05) is 0 Å². The normalized spacial score (nSPS) is 10.9. The Labute approximate surface area is 95.6 Å². The molecule has 0 saturated heterocycles. The zero-order valence-corrected chi connectivity index (χ0v) is 8.58. The SMILES string of the molecule is N#Cc1cccc([CH]CC(N)=O)c1C(F)(F)F. The maximum Gasteiger partial charge on any atom is 0.417 e. The van der Waals surface area contributed by atoms with Crippen LogP contribution in [0.5, 0.6) is 0 Å². The number of alkyl halides is 3. The lowest BCUT2D eigenvalue weighted by Gasteiger charge is -2.13. The van der Waals surface area contributed by atoms with Crippen LogP contribution in [0.25, 0.3) is 0 Å². The molecule has 0 aromatic heterocycles. The van der Waals surface area contributed by atoms with Crippen molar-refractivity contribution >= 4 is 5.91 Å². The molecule has 0 aliphatic carbocycles. The van der Waals surface area contributed by atoms with Crippen LogP contribution in [-0.4, -0.2) is 5.91 Å². The van der Waals surface area contributed by atoms with E-state index in [1.54, 1.807) is 0 Å². The number of nitrogens with zero attached hydrogens (tertiary/aromatic N) is 1. The van der Waals surface area contributed by atoms with Gasteiger partial charge >= 0.3 is 6.18 Å². The van der Waals surface area contributed by atoms with Crippen LogP contribution in [0.4, 0.5) is 13.2 Å². The Bertz CT molecular complexity index is 475. The van der Waals surface area contributed by atoms with Gasteiger partial charge in [0.2, 0.25) is 5.91 Å². The molecular weight excluding hydrogens is 233 g/mol. The van der Waals surface area contributed by atoms with Crippen LogP contribution in [0.3, 0.4) is 0 Å². The average Bonchev–Trinajstić information content (AvgIpc) is 2.24. The van der Waals surface area contributed by atoms with E-state index >= 15 is 0 Å². The molecule has 0 bridgehead atoms. The van der Waals surface area contributed by atoms with Crippen LogP contribution in [0, 0.1) is 17.8 Å². The Morgan fingerprint density at radius 1 is 1.47 bits per heavy atom. The van der Waals surface area contributed by atoms with Crippen molar-refractivity contribution in [1.29, 1.82) is 5.26 Å². The molecule has 1 rings (SSSR count). The highest BCUT2D eigenvalue weighted by Crippen LogP contribution is 2.35. The molecule has 0 unspecified atom stereocenters. The van der Waals surface area contributed by atoms with E-state index in [0.717, 1.165) is 12.5 Å². The second-order valence-electron chi connectivity index (χ2n) is 3.25. The molecule has 1 radical (unpaired) electrons. The second kappa shape index (κ2) is 4.87. The van der Waals surface area contributed by atoms with Gasteiger partial charge in [-0.3, -0.25) is 4.79 Å². The Balaban J connectivity index is 3.21. The third-order valence-electron chi connectivity index (χ3n) is 2.02. The molecule has 1 aromatic rings. The lowest BCUT2D eigenvalue weighted by molar-refractivity contribution is -0.138. The van der Waals surface area contributed by atoms with Crippen molar-refractivity contribution in [3.8, 4) is 6.07 Å². The molecule has 17 heavy (non-hydrogen) atoms. The molecule has 3 nitrogen and oxygen atoms in total. The van der Waals surface area contributed by atoms with E-state index in [0.29, 0.717) is 0 Å². The largest absolute Gasteiger partial charge is 0.417 e. The van der Waals surface area contributed by atoms with Crippen molar-refractivity contribution < 1.29 is 18.0 Å². The summed E-state index contributed by atoms with van der Waals surface area (Å²) in [5.41, 5.74) is 3.13. The van der Waals surface area contributed by atoms with Crippen molar-refractivity contribution in [2.24, 2.45) is 5.73 Å². The van der Waals surface area contributed by atoms with Gasteiger partial charge in [0.25, 0.3) is 0 Å². The average molecular weight is 241 g/mol. The number of carbonyl (C=O) groups is 1. The number of nitriles is 1. The van der Waals surface area contributed by atoms with Gasteiger partial charge in [0.1, 0.15) is 0 Å². The maximum absolute atomic E-state index is 12.7. The molecule has 0 spiro atoms. The molecule has 1 aromatic carbocycles. The van der Waals surface area contributed by atoms with E-state index in [1.165, 1.54) is 18.2 Å². The number of nitrogens with two attached hydrogens (primary N) is 1. The standard InChI is InChI=1S/C11H8F3N2O/c12-11(13,14)10-7(4-5-9(16)17)2-1-3-8(10)6-15/h1-4H,5H2,(H2,16,17). The summed E-state index contributed by atoms with van der Waals surface area (Å²) in [4.78, 5) is 10.5. The van der Waals surface area contributed by atoms with Crippen LogP contribution >= 0.6 is 0 Å². The third-order valence-corrected chi connectivity index (χ3v) is 2.02. The number of primary amides is 1. The molecule has 0 aliphatic heterocycles. The number of benzene rings is 1. The molecule has 1 amide bonds. The lowest BCUT2D eigenvalue weighted by atomic mass is 9.97. The van der Waals surface area contributed by atoms with Crippen molar-refractivity contribution in [2.45, 2.75) is 12.6 Å². The minimum atomic E-state index is -4.64. The molecule has 0 fully saturated rings. The predicted octanol–water partition coefficient (Wildman–Crippen LogP) is 2.00. The molecule has 6 heteroatoms. The molecule has 0 atom stereocenters. The first-order chi connectivity index (χ1) is 7.86. The number of halogens is 3. The summed E-state index contributed by atoms with van der Waals surface area (Å²) in [7, 11) is 0. The fourth-order valence-corrected chi connectivity index (χ4v) is 1.36. The van der Waals surface area contributed by atoms with Crippen molar-refractivity contribution in [1.82, 2.24) is 0 Å². The third kappa shape index (κ3) is 3.21. The summed E-state index contributed by atoms with van der Waals surface area (Å²) in [5, 5.41) is 8.63. The van der Waals surface area contributed by atoms with Crippen molar-refractivity contribution in [3.05, 3.63) is 41.3 Å². The summed E-state index contributed by atoms with van der Waals surface area (Å²) in [6, 6.07) is 5.05. The first kappa shape index (κ1) is 13.0. The van der Waals surface area contributed by atoms with Gasteiger partial charge in [-0.2, -0.15) is 18.4 Å². The summed E-state index contributed by atoms with van der Waals surface area (Å²) >= 11 is 0. The highest BCUT2D eigenvalue weighted by Gasteiger charge is 2.36. The van der Waals surface area contributed by atoms with E-state index in [4.69, 9.17) is 11.0 Å². The van der Waals surface area contributed by atoms with E-state index in [2.05, 4.69) is 0 Å². The van der Waals surface area contributed by atoms with Gasteiger partial charge < -0.3 is 5.73 Å². The van der Waals surface area contributed by atoms with Crippen molar-refractivity contribution in [3.63, 3.8) is 0 Å². The number of rotatable bonds is 3. The summed E-state index contributed by atoms with van der Waals surface area (Å²) < 4.78 is 38.2. The topological polar surface area (TPSA) is 66.9 Å². The summed E-state index contributed by atoms with van der Waals surface area (Å²) in [6.07, 6.45) is -3.89. The molecule has 89 valence electrons. The van der Waals surface area contributed by atoms with Gasteiger partial charge in [-0.1, -0.05) is 12.1 Å². The fourth-order valence-electron chi connectivity index (χ4n) is 1.36. The van der Waals surface area contributed by atoms with Crippen LogP contribution in [0.1, 0.15) is 23.1 Å². The highest BCUT2D eigenvalue weighted by molar-refractivity contribution is 5.75. The monoisotopic (exact) mass is 241 g/mol. The molecule has 0 heterocycles. The zero-order chi connectivity index (χ0) is 13.1. The van der Waals surface area contributed by atoms with Gasteiger partial charge in [-0.15, -0.1) is 0 Å². The maximum atomic E-state index is 12.7. The highest BCUT2D eigenvalue weighted by atomic mass is 19.4. The van der Waals surface area contributed by atoms with Gasteiger partial charge in [-0.05, 0) is 11.6 Å². The first-order valence-electron chi connectivity index (χ1n) is 4.58. The van der Waals surface area contributed by atoms with Gasteiger partial charge in [0, 0.05) is 12.8 Å². The molecular formula is C11H8F3N2O. The van der Waals surface area contributed by atoms with Gasteiger partial charge in [0.15, 0.2) is 0 Å². The Kier molecular flexibility index (Phi) is 3.73. The number of amides is 1. The quantitative estimate of drug-likeness (QED) is 0.879. The van der Waals surface area contributed by atoms with E-state index in [-0.39, 0.29) is 12.0 Å². The second-order valence-corrected chi connectivity index (χ2v) is 3.25. The molecule has 0 aliphatic rings. The number of hydrogen-bond donors (Lipinski definition) is 1. The van der Waals surface area contributed by atoms with E-state index < -0.39 is 23.2 Å². The lowest BCUT2D eigenvalue weighted by Crippen LogP contribution is -2.14. The van der Waals surface area contributed by atoms with Crippen molar-refractivity contribution in [2.75, 3.05) is 0 Å². The van der Waals surface area contributed by atoms with Gasteiger partial charge in [0.05, 0.1) is 17.2 Å². The zero-order valence-electron chi connectivity index (χ0n) is 8.58. The Hall–Kier alpha value is -2.03. The number of carbonyl (C=O) groups excluding carboxylic acids is 1. The predicted molar refractivity (Wildman–Crippen MR) is 53.4 cm³/mol. The smallest absolute Gasteiger partial charge is 0.370 e. The van der Waals surface area contributed by atoms with Crippen LogP contribution < -0.4 is 5.73 Å². The van der Waals surface area contributed by atoms with Crippen LogP contribution in [0.2, 0.25) is 0 Å². The van der Waals surface area contributed by atoms with Gasteiger partial charge in [-0.25, -0.2) is 0 Å². The Morgan fingerprint density at radius 2 is 2.12 bits per heavy atom. The first-order valence-corrected chi connectivity index (χ1v) is 4.58. The van der Waals surface area contributed by atoms with E-state index in [9.17, 15) is 18.0 Å². The number of hydrogen-bond acceptors (Lipinski definition) is 2. The van der Waals surface area contributed by atoms with Crippen LogP contribution in [0.15, 0.2) is 18.2 Å². The minimum Gasteiger partial charge on any atom is -0.370 e. The van der Waals surface area contributed by atoms with Crippen LogP contribution in [-0.2, 0) is 11.0 Å². The fraction of sp³-hybridized carbons (Fsp3) is 0.182. The minimum absolute atomic E-state index is 0.213. The Morgan fingerprint density at radius 3 is 2.59 bits per heavy atom. The summed E-state index contributed by atoms with van der Waals surface area (Å²) in [5.74, 6) is -0.736. The molecule has 2 N–H and O–H groups in total.